The quantitative estimate of drug-likeness (QED) is 0.762. The molecule has 1 aromatic heterocycles. The summed E-state index contributed by atoms with van der Waals surface area (Å²) in [5.41, 5.74) is 8.28. The van der Waals surface area contributed by atoms with Gasteiger partial charge < -0.3 is 10.2 Å². The first-order chi connectivity index (χ1) is 8.29. The molecule has 4 rings (SSSR count). The molecule has 2 aromatic rings. The van der Waals surface area contributed by atoms with E-state index in [2.05, 4.69) is 4.98 Å². The predicted octanol–water partition coefficient (Wildman–Crippen LogP) is 3.31. The van der Waals surface area contributed by atoms with E-state index in [-0.39, 0.29) is 0 Å². The zero-order valence-corrected chi connectivity index (χ0v) is 9.73. The van der Waals surface area contributed by atoms with Crippen LogP contribution in [-0.2, 0) is 0 Å². The lowest BCUT2D eigenvalue weighted by atomic mass is 9.89. The highest BCUT2D eigenvalue weighted by Crippen LogP contribution is 2.52. The Morgan fingerprint density at radius 3 is 2.94 bits per heavy atom. The van der Waals surface area contributed by atoms with Crippen molar-refractivity contribution in [2.45, 2.75) is 31.6 Å². The van der Waals surface area contributed by atoms with Crippen LogP contribution in [0.4, 0.5) is 5.69 Å². The lowest BCUT2D eigenvalue weighted by Gasteiger charge is -2.17. The van der Waals surface area contributed by atoms with Crippen molar-refractivity contribution >= 4 is 16.8 Å². The maximum Gasteiger partial charge on any atom is 0.198 e. The molecule has 0 amide bonds. The molecule has 3 unspecified atom stereocenters. The summed E-state index contributed by atoms with van der Waals surface area (Å²) in [5, 5.41) is 0. The first-order valence-corrected chi connectivity index (χ1v) is 6.45. The Morgan fingerprint density at radius 1 is 1.24 bits per heavy atom. The van der Waals surface area contributed by atoms with Gasteiger partial charge in [0.1, 0.15) is 5.52 Å². The molecule has 2 saturated carbocycles. The van der Waals surface area contributed by atoms with Crippen molar-refractivity contribution in [1.82, 2.24) is 4.98 Å². The summed E-state index contributed by atoms with van der Waals surface area (Å²) < 4.78 is 5.89. The van der Waals surface area contributed by atoms with Crippen molar-refractivity contribution in [3.05, 3.63) is 24.1 Å². The molecule has 88 valence electrons. The number of nitrogens with two attached hydrogens (primary N) is 1. The molecule has 3 heteroatoms. The molecule has 0 saturated heterocycles. The van der Waals surface area contributed by atoms with Crippen LogP contribution in [0.15, 0.2) is 22.6 Å². The topological polar surface area (TPSA) is 52.0 Å². The fourth-order valence-electron chi connectivity index (χ4n) is 3.66. The third-order valence-corrected chi connectivity index (χ3v) is 4.48. The number of nitrogen functional groups attached to an aromatic ring is 1. The summed E-state index contributed by atoms with van der Waals surface area (Å²) in [5.74, 6) is 3.23. The predicted molar refractivity (Wildman–Crippen MR) is 66.6 cm³/mol. The molecular weight excluding hydrogens is 212 g/mol. The van der Waals surface area contributed by atoms with E-state index in [0.717, 1.165) is 34.5 Å². The molecule has 2 fully saturated rings. The van der Waals surface area contributed by atoms with E-state index in [1.165, 1.54) is 25.7 Å². The highest BCUT2D eigenvalue weighted by molar-refractivity contribution is 5.76. The molecule has 1 aromatic carbocycles. The lowest BCUT2D eigenvalue weighted by Crippen LogP contribution is -2.08. The van der Waals surface area contributed by atoms with Crippen LogP contribution in [-0.4, -0.2) is 4.98 Å². The average Bonchev–Trinajstić information content (AvgIpc) is 3.01. The summed E-state index contributed by atoms with van der Waals surface area (Å²) in [6.45, 7) is 0. The number of rotatable bonds is 1. The van der Waals surface area contributed by atoms with Gasteiger partial charge in [0, 0.05) is 17.7 Å². The van der Waals surface area contributed by atoms with Gasteiger partial charge in [-0.05, 0) is 43.2 Å². The number of aromatic nitrogens is 1. The zero-order chi connectivity index (χ0) is 11.4. The molecule has 17 heavy (non-hydrogen) atoms. The van der Waals surface area contributed by atoms with Gasteiger partial charge in [0.25, 0.3) is 0 Å². The highest BCUT2D eigenvalue weighted by Gasteiger charge is 2.42. The standard InChI is InChI=1S/C14H16N2O/c15-10-3-4-12-13(7-10)17-14(16-12)11-6-8-1-2-9(11)5-8/h3-4,7-9,11H,1-2,5-6,15H2. The van der Waals surface area contributed by atoms with Crippen LogP contribution in [0.25, 0.3) is 11.1 Å². The number of benzene rings is 1. The van der Waals surface area contributed by atoms with E-state index in [1.807, 2.05) is 18.2 Å². The number of hydrogen-bond acceptors (Lipinski definition) is 3. The van der Waals surface area contributed by atoms with Gasteiger partial charge in [0.05, 0.1) is 0 Å². The van der Waals surface area contributed by atoms with Crippen molar-refractivity contribution < 1.29 is 4.42 Å². The van der Waals surface area contributed by atoms with Gasteiger partial charge in [-0.15, -0.1) is 0 Å². The van der Waals surface area contributed by atoms with Gasteiger partial charge in [0.15, 0.2) is 11.5 Å². The normalized spacial score (nSPS) is 31.4. The van der Waals surface area contributed by atoms with Crippen LogP contribution in [0.2, 0.25) is 0 Å². The zero-order valence-electron chi connectivity index (χ0n) is 9.73. The van der Waals surface area contributed by atoms with E-state index >= 15 is 0 Å². The van der Waals surface area contributed by atoms with E-state index < -0.39 is 0 Å². The van der Waals surface area contributed by atoms with Crippen molar-refractivity contribution in [3.8, 4) is 0 Å². The minimum atomic E-state index is 0.558. The Balaban J connectivity index is 1.76. The largest absolute Gasteiger partial charge is 0.440 e. The van der Waals surface area contributed by atoms with Gasteiger partial charge in [-0.2, -0.15) is 0 Å². The van der Waals surface area contributed by atoms with Crippen LogP contribution < -0.4 is 5.73 Å². The number of hydrogen-bond donors (Lipinski definition) is 1. The average molecular weight is 228 g/mol. The molecule has 0 spiro atoms. The number of fused-ring (bicyclic) bond motifs is 3. The maximum atomic E-state index is 5.89. The second-order valence-corrected chi connectivity index (χ2v) is 5.56. The van der Waals surface area contributed by atoms with Crippen LogP contribution in [0.1, 0.15) is 37.5 Å². The molecular formula is C14H16N2O. The molecule has 3 atom stereocenters. The molecule has 0 radical (unpaired) electrons. The molecule has 2 bridgehead atoms. The molecule has 2 aliphatic rings. The number of oxazole rings is 1. The van der Waals surface area contributed by atoms with Gasteiger partial charge in [-0.25, -0.2) is 4.98 Å². The fraction of sp³-hybridized carbons (Fsp3) is 0.500. The van der Waals surface area contributed by atoms with Gasteiger partial charge in [-0.1, -0.05) is 6.42 Å². The van der Waals surface area contributed by atoms with Crippen molar-refractivity contribution in [1.29, 1.82) is 0 Å². The van der Waals surface area contributed by atoms with E-state index in [4.69, 9.17) is 10.2 Å². The number of nitrogens with zero attached hydrogens (tertiary/aromatic N) is 1. The first kappa shape index (κ1) is 9.51. The summed E-state index contributed by atoms with van der Waals surface area (Å²) in [6.07, 6.45) is 5.42. The van der Waals surface area contributed by atoms with Crippen LogP contribution >= 0.6 is 0 Å². The Hall–Kier alpha value is -1.51. The van der Waals surface area contributed by atoms with E-state index in [0.29, 0.717) is 5.92 Å². The van der Waals surface area contributed by atoms with E-state index in [1.54, 1.807) is 0 Å². The van der Waals surface area contributed by atoms with Crippen molar-refractivity contribution in [3.63, 3.8) is 0 Å². The van der Waals surface area contributed by atoms with Crippen LogP contribution in [0, 0.1) is 11.8 Å². The van der Waals surface area contributed by atoms with Gasteiger partial charge >= 0.3 is 0 Å². The Bertz CT molecular complexity index is 575. The smallest absolute Gasteiger partial charge is 0.198 e. The lowest BCUT2D eigenvalue weighted by molar-refractivity contribution is 0.354. The third-order valence-electron chi connectivity index (χ3n) is 4.48. The highest BCUT2D eigenvalue weighted by atomic mass is 16.3. The summed E-state index contributed by atoms with van der Waals surface area (Å²) >= 11 is 0. The summed E-state index contributed by atoms with van der Waals surface area (Å²) in [7, 11) is 0. The minimum Gasteiger partial charge on any atom is -0.440 e. The second-order valence-electron chi connectivity index (χ2n) is 5.56. The molecule has 3 nitrogen and oxygen atoms in total. The van der Waals surface area contributed by atoms with E-state index in [9.17, 15) is 0 Å². The maximum absolute atomic E-state index is 5.89. The SMILES string of the molecule is Nc1ccc2nc(C3CC4CCC3C4)oc2c1. The third kappa shape index (κ3) is 1.38. The monoisotopic (exact) mass is 228 g/mol. The minimum absolute atomic E-state index is 0.558. The van der Waals surface area contributed by atoms with Gasteiger partial charge in [-0.3, -0.25) is 0 Å². The summed E-state index contributed by atoms with van der Waals surface area (Å²) in [6, 6.07) is 5.71. The molecule has 2 aliphatic carbocycles. The van der Waals surface area contributed by atoms with Crippen molar-refractivity contribution in [2.24, 2.45) is 11.8 Å². The Kier molecular flexibility index (Phi) is 1.82. The van der Waals surface area contributed by atoms with Crippen LogP contribution in [0.3, 0.4) is 0 Å². The Labute approximate surface area is 100 Å². The molecule has 1 heterocycles. The first-order valence-electron chi connectivity index (χ1n) is 6.45. The number of anilines is 1. The second kappa shape index (κ2) is 3.25. The molecule has 2 N–H and O–H groups in total. The van der Waals surface area contributed by atoms with Crippen LogP contribution in [0.5, 0.6) is 0 Å². The fourth-order valence-corrected chi connectivity index (χ4v) is 3.66. The molecule has 0 aliphatic heterocycles. The van der Waals surface area contributed by atoms with Gasteiger partial charge in [0.2, 0.25) is 0 Å². The summed E-state index contributed by atoms with van der Waals surface area (Å²) in [4.78, 5) is 4.63. The van der Waals surface area contributed by atoms with Crippen molar-refractivity contribution in [2.75, 3.05) is 5.73 Å². The Morgan fingerprint density at radius 2 is 2.18 bits per heavy atom.